The Morgan fingerprint density at radius 2 is 1.59 bits per heavy atom. The third kappa shape index (κ3) is 4.16. The molecule has 0 unspecified atom stereocenters. The highest BCUT2D eigenvalue weighted by atomic mass is 32.2. The Kier molecular flexibility index (Phi) is 6.28. The molecule has 3 aromatic carbocycles. The highest BCUT2D eigenvalue weighted by Crippen LogP contribution is 2.36. The third-order valence-corrected chi connectivity index (χ3v) is 7.94. The first-order chi connectivity index (χ1) is 16.5. The van der Waals surface area contributed by atoms with E-state index in [-0.39, 0.29) is 18.4 Å². The summed E-state index contributed by atoms with van der Waals surface area (Å²) in [5.74, 6) is -0.895. The Balaban J connectivity index is 1.62. The number of benzene rings is 3. The summed E-state index contributed by atoms with van der Waals surface area (Å²) < 4.78 is 28.1. The van der Waals surface area contributed by atoms with Gasteiger partial charge in [-0.05, 0) is 49.2 Å². The molecular formula is C27H25FN2O3S. The van der Waals surface area contributed by atoms with E-state index in [9.17, 15) is 18.2 Å². The zero-order chi connectivity index (χ0) is 23.7. The standard InChI is InChI=1S/C27H25FN2O3S/c28-22-11-5-3-9-20(22)18-30-23-17-19(26(31)29-15-7-1-2-8-16-29)13-14-25(23)34(33)24-12-6-4-10-21(24)27(30)32/h3-6,9-14,17H,1-2,7-8,15-16,18H2/t34-/m1/s1. The summed E-state index contributed by atoms with van der Waals surface area (Å²) in [6, 6.07) is 18.1. The number of anilines is 1. The summed E-state index contributed by atoms with van der Waals surface area (Å²) in [5.41, 5.74) is 1.48. The predicted octanol–water partition coefficient (Wildman–Crippen LogP) is 5.17. The van der Waals surface area contributed by atoms with E-state index in [2.05, 4.69) is 0 Å². The average Bonchev–Trinajstić information content (AvgIpc) is 3.19. The maximum atomic E-state index is 14.6. The van der Waals surface area contributed by atoms with E-state index in [0.29, 0.717) is 45.3 Å². The molecule has 34 heavy (non-hydrogen) atoms. The predicted molar refractivity (Wildman–Crippen MR) is 129 cm³/mol. The van der Waals surface area contributed by atoms with Crippen molar-refractivity contribution in [3.05, 3.63) is 89.2 Å². The van der Waals surface area contributed by atoms with Gasteiger partial charge in [0.05, 0.1) is 38.4 Å². The number of carbonyl (C=O) groups is 2. The molecule has 2 amide bonds. The number of carbonyl (C=O) groups excluding carboxylic acids is 2. The number of hydrogen-bond acceptors (Lipinski definition) is 3. The first kappa shape index (κ1) is 22.5. The fraction of sp³-hybridized carbons (Fsp3) is 0.259. The number of hydrogen-bond donors (Lipinski definition) is 0. The highest BCUT2D eigenvalue weighted by Gasteiger charge is 2.32. The molecule has 1 fully saturated rings. The van der Waals surface area contributed by atoms with Gasteiger partial charge >= 0.3 is 0 Å². The van der Waals surface area contributed by atoms with Gasteiger partial charge in [0.1, 0.15) is 5.82 Å². The number of rotatable bonds is 3. The van der Waals surface area contributed by atoms with Gasteiger partial charge in [-0.15, -0.1) is 0 Å². The molecule has 5 rings (SSSR count). The van der Waals surface area contributed by atoms with Gasteiger partial charge in [0.25, 0.3) is 11.8 Å². The molecule has 0 aromatic heterocycles. The van der Waals surface area contributed by atoms with Crippen LogP contribution in [0.3, 0.4) is 0 Å². The number of amides is 2. The van der Waals surface area contributed by atoms with Crippen LogP contribution >= 0.6 is 0 Å². The van der Waals surface area contributed by atoms with Crippen molar-refractivity contribution >= 4 is 28.3 Å². The maximum Gasteiger partial charge on any atom is 0.259 e. The molecule has 0 radical (unpaired) electrons. The Morgan fingerprint density at radius 1 is 0.882 bits per heavy atom. The van der Waals surface area contributed by atoms with E-state index in [1.165, 1.54) is 11.0 Å². The second kappa shape index (κ2) is 9.50. The Labute approximate surface area is 200 Å². The Hall–Kier alpha value is -3.32. The van der Waals surface area contributed by atoms with Crippen LogP contribution in [-0.2, 0) is 17.3 Å². The summed E-state index contributed by atoms with van der Waals surface area (Å²) in [7, 11) is -1.62. The largest absolute Gasteiger partial charge is 0.339 e. The van der Waals surface area contributed by atoms with Gasteiger partial charge in [-0.3, -0.25) is 9.59 Å². The molecule has 2 aliphatic rings. The van der Waals surface area contributed by atoms with Crippen LogP contribution in [0.4, 0.5) is 10.1 Å². The molecule has 7 heteroatoms. The summed E-state index contributed by atoms with van der Waals surface area (Å²) in [5, 5.41) is 0. The lowest BCUT2D eigenvalue weighted by Crippen LogP contribution is -2.33. The summed E-state index contributed by atoms with van der Waals surface area (Å²) in [6.07, 6.45) is 4.15. The molecule has 1 atom stereocenters. The van der Waals surface area contributed by atoms with Gasteiger partial charge in [0, 0.05) is 24.2 Å². The zero-order valence-electron chi connectivity index (χ0n) is 18.7. The molecule has 0 spiro atoms. The van der Waals surface area contributed by atoms with Crippen molar-refractivity contribution in [2.24, 2.45) is 0 Å². The molecule has 174 valence electrons. The average molecular weight is 477 g/mol. The van der Waals surface area contributed by atoms with Crippen molar-refractivity contribution in [3.63, 3.8) is 0 Å². The maximum absolute atomic E-state index is 14.6. The number of nitrogens with zero attached hydrogens (tertiary/aromatic N) is 2. The molecule has 0 saturated carbocycles. The lowest BCUT2D eigenvalue weighted by molar-refractivity contribution is 0.0761. The third-order valence-electron chi connectivity index (χ3n) is 6.44. The first-order valence-corrected chi connectivity index (χ1v) is 12.7. The van der Waals surface area contributed by atoms with Crippen LogP contribution in [-0.4, -0.2) is 34.0 Å². The van der Waals surface area contributed by atoms with E-state index in [0.717, 1.165) is 25.7 Å². The van der Waals surface area contributed by atoms with E-state index >= 15 is 0 Å². The Morgan fingerprint density at radius 3 is 2.35 bits per heavy atom. The van der Waals surface area contributed by atoms with Crippen LogP contribution in [0.1, 0.15) is 52.0 Å². The second-order valence-corrected chi connectivity index (χ2v) is 10.1. The topological polar surface area (TPSA) is 57.7 Å². The van der Waals surface area contributed by atoms with E-state index in [1.54, 1.807) is 60.7 Å². The number of fused-ring (bicyclic) bond motifs is 2. The lowest BCUT2D eigenvalue weighted by Gasteiger charge is -2.25. The minimum Gasteiger partial charge on any atom is -0.339 e. The monoisotopic (exact) mass is 476 g/mol. The molecule has 0 aliphatic carbocycles. The molecule has 0 bridgehead atoms. The van der Waals surface area contributed by atoms with Crippen molar-refractivity contribution in [2.75, 3.05) is 18.0 Å². The fourth-order valence-corrected chi connectivity index (χ4v) is 5.95. The lowest BCUT2D eigenvalue weighted by atomic mass is 10.1. The SMILES string of the molecule is O=C(c1ccc2c(c1)N(Cc1ccccc1F)C(=O)c1ccccc1[S@]2=O)N1CCCCCC1. The van der Waals surface area contributed by atoms with Gasteiger partial charge in [-0.2, -0.15) is 0 Å². The zero-order valence-corrected chi connectivity index (χ0v) is 19.5. The number of likely N-dealkylation sites (tertiary alicyclic amines) is 1. The van der Waals surface area contributed by atoms with Gasteiger partial charge in [-0.1, -0.05) is 43.2 Å². The minimum atomic E-state index is -1.62. The fourth-order valence-electron chi connectivity index (χ4n) is 4.61. The quantitative estimate of drug-likeness (QED) is 0.524. The molecule has 2 aliphatic heterocycles. The van der Waals surface area contributed by atoms with Crippen molar-refractivity contribution in [1.29, 1.82) is 0 Å². The van der Waals surface area contributed by atoms with Crippen LogP contribution in [0.2, 0.25) is 0 Å². The van der Waals surface area contributed by atoms with Crippen LogP contribution in [0, 0.1) is 5.82 Å². The second-order valence-electron chi connectivity index (χ2n) is 8.64. The normalized spacial score (nSPS) is 18.0. The van der Waals surface area contributed by atoms with Gasteiger partial charge in [0.15, 0.2) is 0 Å². The van der Waals surface area contributed by atoms with Crippen molar-refractivity contribution < 1.29 is 18.2 Å². The summed E-state index contributed by atoms with van der Waals surface area (Å²) in [6.45, 7) is 1.36. The smallest absolute Gasteiger partial charge is 0.259 e. The molecular weight excluding hydrogens is 451 g/mol. The molecule has 5 nitrogen and oxygen atoms in total. The minimum absolute atomic E-state index is 0.0363. The van der Waals surface area contributed by atoms with Crippen molar-refractivity contribution in [3.8, 4) is 0 Å². The molecule has 3 aromatic rings. The molecule has 1 saturated heterocycles. The van der Waals surface area contributed by atoms with Gasteiger partial charge in [0.2, 0.25) is 0 Å². The highest BCUT2D eigenvalue weighted by molar-refractivity contribution is 7.85. The first-order valence-electron chi connectivity index (χ1n) is 11.5. The summed E-state index contributed by atoms with van der Waals surface area (Å²) >= 11 is 0. The van der Waals surface area contributed by atoms with E-state index in [1.807, 2.05) is 4.90 Å². The van der Waals surface area contributed by atoms with Crippen LogP contribution in [0.25, 0.3) is 0 Å². The van der Waals surface area contributed by atoms with E-state index in [4.69, 9.17) is 0 Å². The summed E-state index contributed by atoms with van der Waals surface area (Å²) in [4.78, 5) is 31.1. The van der Waals surface area contributed by atoms with Gasteiger partial charge < -0.3 is 9.80 Å². The van der Waals surface area contributed by atoms with Gasteiger partial charge in [-0.25, -0.2) is 8.60 Å². The molecule has 0 N–H and O–H groups in total. The molecule has 2 heterocycles. The van der Waals surface area contributed by atoms with E-state index < -0.39 is 16.6 Å². The number of halogens is 1. The Bertz CT molecular complexity index is 1280. The van der Waals surface area contributed by atoms with Crippen LogP contribution in [0.15, 0.2) is 76.5 Å². The van der Waals surface area contributed by atoms with Crippen molar-refractivity contribution in [1.82, 2.24) is 4.90 Å². The van der Waals surface area contributed by atoms with Crippen LogP contribution < -0.4 is 4.90 Å². The van der Waals surface area contributed by atoms with Crippen LogP contribution in [0.5, 0.6) is 0 Å². The van der Waals surface area contributed by atoms with Crippen molar-refractivity contribution in [2.45, 2.75) is 42.0 Å².